The number of rotatable bonds is 3. The lowest BCUT2D eigenvalue weighted by Crippen LogP contribution is -2.15. The van der Waals surface area contributed by atoms with Gasteiger partial charge in [0.15, 0.2) is 0 Å². The van der Waals surface area contributed by atoms with E-state index in [1.807, 2.05) is 43.3 Å². The molecular weight excluding hydrogens is 428 g/mol. The second-order valence-electron chi connectivity index (χ2n) is 5.48. The Kier molecular flexibility index (Phi) is 4.67. The van der Waals surface area contributed by atoms with Crippen LogP contribution in [0.1, 0.15) is 16.8 Å². The first kappa shape index (κ1) is 17.0. The maximum Gasteiger partial charge on any atom is 0.433 e. The van der Waals surface area contributed by atoms with Crippen molar-refractivity contribution < 1.29 is 13.2 Å². The van der Waals surface area contributed by atoms with Gasteiger partial charge in [-0.1, -0.05) is 36.4 Å². The molecule has 0 radical (unpaired) electrons. The first-order valence-corrected chi connectivity index (χ1v) is 8.37. The van der Waals surface area contributed by atoms with Crippen LogP contribution in [0.3, 0.4) is 0 Å². The molecule has 1 heterocycles. The van der Waals surface area contributed by atoms with Crippen molar-refractivity contribution in [2.24, 2.45) is 0 Å². The van der Waals surface area contributed by atoms with Gasteiger partial charge in [0.1, 0.15) is 11.5 Å². The number of aromatic nitrogens is 2. The minimum Gasteiger partial charge on any atom is -0.316 e. The molecular formula is C18H14F3IN2. The van der Waals surface area contributed by atoms with Gasteiger partial charge in [-0.25, -0.2) is 4.98 Å². The van der Waals surface area contributed by atoms with Crippen molar-refractivity contribution in [3.63, 3.8) is 0 Å². The Balaban J connectivity index is 2.12. The molecule has 2 nitrogen and oxygen atoms in total. The van der Waals surface area contributed by atoms with Gasteiger partial charge in [0.2, 0.25) is 0 Å². The summed E-state index contributed by atoms with van der Waals surface area (Å²) in [5, 5.41) is 0. The van der Waals surface area contributed by atoms with Crippen molar-refractivity contribution in [1.82, 2.24) is 9.55 Å². The molecule has 0 atom stereocenters. The number of nitrogens with zero attached hydrogens (tertiary/aromatic N) is 2. The number of hydrogen-bond acceptors (Lipinski definition) is 1. The van der Waals surface area contributed by atoms with E-state index in [1.165, 1.54) is 4.57 Å². The van der Waals surface area contributed by atoms with Gasteiger partial charge in [0.25, 0.3) is 0 Å². The Morgan fingerprint density at radius 3 is 2.33 bits per heavy atom. The monoisotopic (exact) mass is 442 g/mol. The van der Waals surface area contributed by atoms with Gasteiger partial charge in [-0.3, -0.25) is 0 Å². The molecule has 0 saturated carbocycles. The van der Waals surface area contributed by atoms with Crippen LogP contribution in [-0.4, -0.2) is 9.55 Å². The lowest BCUT2D eigenvalue weighted by atomic mass is 10.1. The molecule has 0 bridgehead atoms. The fraction of sp³-hybridized carbons (Fsp3) is 0.167. The number of hydrogen-bond donors (Lipinski definition) is 0. The molecule has 0 saturated heterocycles. The molecule has 124 valence electrons. The highest BCUT2D eigenvalue weighted by molar-refractivity contribution is 14.1. The summed E-state index contributed by atoms with van der Waals surface area (Å²) in [7, 11) is 0. The first-order valence-electron chi connectivity index (χ1n) is 7.29. The number of imidazole rings is 1. The smallest absolute Gasteiger partial charge is 0.316 e. The predicted molar refractivity (Wildman–Crippen MR) is 95.7 cm³/mol. The van der Waals surface area contributed by atoms with E-state index >= 15 is 0 Å². The number of benzene rings is 2. The summed E-state index contributed by atoms with van der Waals surface area (Å²) in [5.74, 6) is 0.321. The molecule has 1 aromatic heterocycles. The number of aryl methyl sites for hydroxylation is 1. The van der Waals surface area contributed by atoms with Crippen LogP contribution in [0.25, 0.3) is 11.4 Å². The molecule has 0 aliphatic heterocycles. The van der Waals surface area contributed by atoms with Crippen LogP contribution in [0.5, 0.6) is 0 Å². The number of alkyl halides is 3. The molecule has 0 unspecified atom stereocenters. The van der Waals surface area contributed by atoms with E-state index in [2.05, 4.69) is 27.6 Å². The molecule has 3 rings (SSSR count). The second kappa shape index (κ2) is 6.58. The topological polar surface area (TPSA) is 17.8 Å². The maximum absolute atomic E-state index is 13.4. The van der Waals surface area contributed by atoms with E-state index in [0.29, 0.717) is 11.4 Å². The fourth-order valence-corrected chi connectivity index (χ4v) is 2.91. The summed E-state index contributed by atoms with van der Waals surface area (Å²) < 4.78 is 42.4. The summed E-state index contributed by atoms with van der Waals surface area (Å²) in [4.78, 5) is 4.05. The average Bonchev–Trinajstić information content (AvgIpc) is 2.94. The van der Waals surface area contributed by atoms with E-state index in [1.54, 1.807) is 12.1 Å². The van der Waals surface area contributed by atoms with Crippen molar-refractivity contribution in [3.05, 3.63) is 75.1 Å². The van der Waals surface area contributed by atoms with E-state index in [9.17, 15) is 13.2 Å². The van der Waals surface area contributed by atoms with Gasteiger partial charge >= 0.3 is 6.18 Å². The van der Waals surface area contributed by atoms with Gasteiger partial charge in [-0.05, 0) is 52.8 Å². The molecule has 0 spiro atoms. The highest BCUT2D eigenvalue weighted by atomic mass is 127. The Hall–Kier alpha value is -1.83. The maximum atomic E-state index is 13.4. The predicted octanol–water partition coefficient (Wildman–Crippen LogP) is 5.53. The van der Waals surface area contributed by atoms with E-state index < -0.39 is 11.9 Å². The highest BCUT2D eigenvalue weighted by Crippen LogP contribution is 2.33. The van der Waals surface area contributed by atoms with Crippen LogP contribution in [-0.2, 0) is 12.7 Å². The summed E-state index contributed by atoms with van der Waals surface area (Å²) in [5.41, 5.74) is 1.72. The first-order chi connectivity index (χ1) is 11.4. The zero-order valence-corrected chi connectivity index (χ0v) is 15.0. The quantitative estimate of drug-likeness (QED) is 0.488. The molecule has 0 fully saturated rings. The zero-order valence-electron chi connectivity index (χ0n) is 12.8. The van der Waals surface area contributed by atoms with Gasteiger partial charge in [0.05, 0.1) is 6.20 Å². The van der Waals surface area contributed by atoms with E-state index in [4.69, 9.17) is 0 Å². The van der Waals surface area contributed by atoms with Crippen LogP contribution in [0.4, 0.5) is 13.2 Å². The second-order valence-corrected chi connectivity index (χ2v) is 6.73. The average molecular weight is 442 g/mol. The van der Waals surface area contributed by atoms with Crippen molar-refractivity contribution in [2.75, 3.05) is 0 Å². The molecule has 0 amide bonds. The SMILES string of the molecule is Cc1ccccc1Cn1c(C(F)(F)F)cnc1-c1ccc(I)cc1. The molecule has 2 aromatic carbocycles. The van der Waals surface area contributed by atoms with Crippen molar-refractivity contribution in [3.8, 4) is 11.4 Å². The zero-order chi connectivity index (χ0) is 17.3. The Bertz CT molecular complexity index is 851. The Morgan fingerprint density at radius 1 is 1.04 bits per heavy atom. The fourth-order valence-electron chi connectivity index (χ4n) is 2.55. The molecule has 3 aromatic rings. The van der Waals surface area contributed by atoms with Crippen LogP contribution < -0.4 is 0 Å². The standard InChI is InChI=1S/C18H14F3IN2/c1-12-4-2-3-5-14(12)11-24-16(18(19,20)21)10-23-17(24)13-6-8-15(22)9-7-13/h2-10H,11H2,1H3. The van der Waals surface area contributed by atoms with Crippen LogP contribution >= 0.6 is 22.6 Å². The minimum atomic E-state index is -4.45. The van der Waals surface area contributed by atoms with Gasteiger partial charge < -0.3 is 4.57 Å². The highest BCUT2D eigenvalue weighted by Gasteiger charge is 2.36. The van der Waals surface area contributed by atoms with E-state index in [0.717, 1.165) is 20.9 Å². The third-order valence-corrected chi connectivity index (χ3v) is 4.56. The van der Waals surface area contributed by atoms with Gasteiger partial charge in [-0.2, -0.15) is 13.2 Å². The lowest BCUT2D eigenvalue weighted by Gasteiger charge is -2.15. The summed E-state index contributed by atoms with van der Waals surface area (Å²) in [6, 6.07) is 14.7. The third kappa shape index (κ3) is 3.48. The van der Waals surface area contributed by atoms with Crippen molar-refractivity contribution in [1.29, 1.82) is 0 Å². The molecule has 0 N–H and O–H groups in total. The summed E-state index contributed by atoms with van der Waals surface area (Å²) in [6.07, 6.45) is -3.54. The normalized spacial score (nSPS) is 11.7. The molecule has 24 heavy (non-hydrogen) atoms. The lowest BCUT2D eigenvalue weighted by molar-refractivity contribution is -0.143. The van der Waals surface area contributed by atoms with Crippen molar-refractivity contribution >= 4 is 22.6 Å². The van der Waals surface area contributed by atoms with Crippen LogP contribution in [0.2, 0.25) is 0 Å². The largest absolute Gasteiger partial charge is 0.433 e. The molecule has 6 heteroatoms. The minimum absolute atomic E-state index is 0.128. The van der Waals surface area contributed by atoms with Crippen LogP contribution in [0.15, 0.2) is 54.7 Å². The summed E-state index contributed by atoms with van der Waals surface area (Å²) in [6.45, 7) is 2.02. The Morgan fingerprint density at radius 2 is 1.71 bits per heavy atom. The molecule has 0 aliphatic rings. The van der Waals surface area contributed by atoms with E-state index in [-0.39, 0.29) is 6.54 Å². The van der Waals surface area contributed by atoms with Gasteiger partial charge in [-0.15, -0.1) is 0 Å². The van der Waals surface area contributed by atoms with Gasteiger partial charge in [0, 0.05) is 15.7 Å². The Labute approximate surface area is 151 Å². The van der Waals surface area contributed by atoms with Crippen LogP contribution in [0, 0.1) is 10.5 Å². The third-order valence-electron chi connectivity index (χ3n) is 3.84. The summed E-state index contributed by atoms with van der Waals surface area (Å²) >= 11 is 2.16. The van der Waals surface area contributed by atoms with Crippen molar-refractivity contribution in [2.45, 2.75) is 19.6 Å². The number of halogens is 4. The molecule has 0 aliphatic carbocycles.